The molecule has 0 saturated carbocycles. The quantitative estimate of drug-likeness (QED) is 0.883. The van der Waals surface area contributed by atoms with Crippen molar-refractivity contribution in [3.05, 3.63) is 18.6 Å². The first-order chi connectivity index (χ1) is 12.3. The van der Waals surface area contributed by atoms with Gasteiger partial charge in [-0.3, -0.25) is 9.78 Å². The van der Waals surface area contributed by atoms with Gasteiger partial charge in [0, 0.05) is 37.1 Å². The van der Waals surface area contributed by atoms with E-state index in [0.717, 1.165) is 38.0 Å². The van der Waals surface area contributed by atoms with Crippen LogP contribution in [0.4, 0.5) is 5.82 Å². The van der Waals surface area contributed by atoms with E-state index in [1.54, 1.807) is 17.3 Å². The molecule has 3 saturated heterocycles. The third-order valence-electron chi connectivity index (χ3n) is 5.81. The molecule has 3 aliphatic rings. The Bertz CT molecular complexity index is 645. The summed E-state index contributed by atoms with van der Waals surface area (Å²) in [7, 11) is 0. The van der Waals surface area contributed by atoms with Gasteiger partial charge in [0.25, 0.3) is 0 Å². The minimum Gasteiger partial charge on any atom is -0.349 e. The van der Waals surface area contributed by atoms with E-state index in [-0.39, 0.29) is 11.9 Å². The number of likely N-dealkylation sites (tertiary alicyclic amines) is 1. The maximum Gasteiger partial charge on any atom is 0.237 e. The van der Waals surface area contributed by atoms with Crippen LogP contribution in [0.3, 0.4) is 0 Å². The summed E-state index contributed by atoms with van der Waals surface area (Å²) in [5, 5.41) is 12.6. The summed E-state index contributed by atoms with van der Waals surface area (Å²) >= 11 is 0. The van der Waals surface area contributed by atoms with E-state index in [0.29, 0.717) is 24.7 Å². The first-order valence-corrected chi connectivity index (χ1v) is 9.23. The second-order valence-electron chi connectivity index (χ2n) is 7.28. The molecule has 4 rings (SSSR count). The molecule has 132 valence electrons. The van der Waals surface area contributed by atoms with E-state index in [1.165, 1.54) is 12.8 Å². The number of amides is 1. The van der Waals surface area contributed by atoms with Crippen molar-refractivity contribution in [1.82, 2.24) is 20.2 Å². The van der Waals surface area contributed by atoms with Crippen molar-refractivity contribution in [3.8, 4) is 6.07 Å². The SMILES string of the molecule is N#CC1CCCN1C(=O)CNC1CC2CCC(C1)N2c1cnccn1. The number of nitriles is 1. The van der Waals surface area contributed by atoms with E-state index >= 15 is 0 Å². The Morgan fingerprint density at radius 2 is 2.08 bits per heavy atom. The molecule has 7 nitrogen and oxygen atoms in total. The van der Waals surface area contributed by atoms with Crippen LogP contribution in [0, 0.1) is 11.3 Å². The lowest BCUT2D eigenvalue weighted by atomic mass is 9.97. The Hall–Kier alpha value is -2.20. The molecule has 7 heteroatoms. The molecule has 2 bridgehead atoms. The molecule has 1 aromatic rings. The number of carbonyl (C=O) groups excluding carboxylic acids is 1. The Kier molecular flexibility index (Phi) is 4.53. The summed E-state index contributed by atoms with van der Waals surface area (Å²) in [6.45, 7) is 1.06. The number of anilines is 1. The summed E-state index contributed by atoms with van der Waals surface area (Å²) in [5.74, 6) is 1.03. The molecule has 4 heterocycles. The highest BCUT2D eigenvalue weighted by molar-refractivity contribution is 5.79. The molecule has 0 aromatic carbocycles. The van der Waals surface area contributed by atoms with Crippen LogP contribution in [0.1, 0.15) is 38.5 Å². The number of nitrogens with one attached hydrogen (secondary N) is 1. The second-order valence-corrected chi connectivity index (χ2v) is 7.28. The minimum atomic E-state index is -0.232. The summed E-state index contributed by atoms with van der Waals surface area (Å²) in [4.78, 5) is 25.2. The monoisotopic (exact) mass is 340 g/mol. The number of hydrogen-bond acceptors (Lipinski definition) is 6. The zero-order valence-electron chi connectivity index (χ0n) is 14.3. The molecule has 1 amide bonds. The van der Waals surface area contributed by atoms with Gasteiger partial charge >= 0.3 is 0 Å². The van der Waals surface area contributed by atoms with E-state index < -0.39 is 0 Å². The first-order valence-electron chi connectivity index (χ1n) is 9.23. The number of nitrogens with zero attached hydrogens (tertiary/aromatic N) is 5. The highest BCUT2D eigenvalue weighted by Gasteiger charge is 2.41. The summed E-state index contributed by atoms with van der Waals surface area (Å²) in [6.07, 6.45) is 11.5. The number of fused-ring (bicyclic) bond motifs is 2. The van der Waals surface area contributed by atoms with Crippen LogP contribution >= 0.6 is 0 Å². The van der Waals surface area contributed by atoms with Gasteiger partial charge in [0.15, 0.2) is 0 Å². The number of carbonyl (C=O) groups is 1. The Balaban J connectivity index is 1.33. The largest absolute Gasteiger partial charge is 0.349 e. The molecule has 0 aliphatic carbocycles. The molecule has 3 atom stereocenters. The van der Waals surface area contributed by atoms with Crippen molar-refractivity contribution < 1.29 is 4.79 Å². The van der Waals surface area contributed by atoms with Crippen LogP contribution in [0.25, 0.3) is 0 Å². The smallest absolute Gasteiger partial charge is 0.237 e. The van der Waals surface area contributed by atoms with Crippen molar-refractivity contribution in [2.75, 3.05) is 18.0 Å². The summed E-state index contributed by atoms with van der Waals surface area (Å²) in [5.41, 5.74) is 0. The fraction of sp³-hybridized carbons (Fsp3) is 0.667. The van der Waals surface area contributed by atoms with Crippen molar-refractivity contribution in [1.29, 1.82) is 5.26 Å². The number of aromatic nitrogens is 2. The van der Waals surface area contributed by atoms with Gasteiger partial charge in [0.2, 0.25) is 5.91 Å². The molecule has 0 spiro atoms. The van der Waals surface area contributed by atoms with E-state index in [2.05, 4.69) is 26.3 Å². The van der Waals surface area contributed by atoms with Crippen molar-refractivity contribution >= 4 is 11.7 Å². The lowest BCUT2D eigenvalue weighted by Gasteiger charge is -2.40. The predicted molar refractivity (Wildman–Crippen MR) is 92.7 cm³/mol. The molecular weight excluding hydrogens is 316 g/mol. The second kappa shape index (κ2) is 6.96. The van der Waals surface area contributed by atoms with Gasteiger partial charge in [-0.15, -0.1) is 0 Å². The van der Waals surface area contributed by atoms with Gasteiger partial charge in [-0.1, -0.05) is 0 Å². The Morgan fingerprint density at radius 1 is 1.28 bits per heavy atom. The minimum absolute atomic E-state index is 0.0627. The van der Waals surface area contributed by atoms with Crippen molar-refractivity contribution in [2.24, 2.45) is 0 Å². The highest BCUT2D eigenvalue weighted by atomic mass is 16.2. The highest BCUT2D eigenvalue weighted by Crippen LogP contribution is 2.38. The first kappa shape index (κ1) is 16.3. The lowest BCUT2D eigenvalue weighted by molar-refractivity contribution is -0.130. The van der Waals surface area contributed by atoms with E-state index in [4.69, 9.17) is 5.26 Å². The van der Waals surface area contributed by atoms with Crippen LogP contribution in [-0.2, 0) is 4.79 Å². The van der Waals surface area contributed by atoms with Gasteiger partial charge in [0.05, 0.1) is 18.8 Å². The third kappa shape index (κ3) is 3.19. The Labute approximate surface area is 148 Å². The van der Waals surface area contributed by atoms with E-state index in [1.807, 2.05) is 6.20 Å². The third-order valence-corrected chi connectivity index (χ3v) is 5.81. The molecule has 3 aliphatic heterocycles. The van der Waals surface area contributed by atoms with Crippen LogP contribution in [0.5, 0.6) is 0 Å². The molecule has 0 radical (unpaired) electrons. The standard InChI is InChI=1S/C18H24N6O/c19-10-16-2-1-7-23(16)18(25)12-22-13-8-14-3-4-15(9-13)24(14)17-11-20-5-6-21-17/h5-6,11,13-16,22H,1-4,7-9,12H2. The Morgan fingerprint density at radius 3 is 2.76 bits per heavy atom. The summed E-state index contributed by atoms with van der Waals surface area (Å²) in [6, 6.07) is 3.31. The lowest BCUT2D eigenvalue weighted by Crippen LogP contribution is -2.51. The fourth-order valence-corrected chi connectivity index (χ4v) is 4.67. The number of rotatable bonds is 4. The fourth-order valence-electron chi connectivity index (χ4n) is 4.67. The molecule has 1 aromatic heterocycles. The van der Waals surface area contributed by atoms with Gasteiger partial charge in [0.1, 0.15) is 11.9 Å². The van der Waals surface area contributed by atoms with Crippen LogP contribution in [0.15, 0.2) is 18.6 Å². The van der Waals surface area contributed by atoms with Gasteiger partial charge in [-0.2, -0.15) is 5.26 Å². The van der Waals surface area contributed by atoms with Crippen molar-refractivity contribution in [3.63, 3.8) is 0 Å². The van der Waals surface area contributed by atoms with Gasteiger partial charge in [-0.25, -0.2) is 4.98 Å². The maximum absolute atomic E-state index is 12.4. The average molecular weight is 340 g/mol. The van der Waals surface area contributed by atoms with Crippen LogP contribution in [-0.4, -0.2) is 58.0 Å². The molecule has 25 heavy (non-hydrogen) atoms. The zero-order chi connectivity index (χ0) is 17.2. The van der Waals surface area contributed by atoms with E-state index in [9.17, 15) is 4.79 Å². The molecule has 3 fully saturated rings. The normalized spacial score (nSPS) is 31.2. The molecular formula is C18H24N6O. The van der Waals surface area contributed by atoms with Gasteiger partial charge in [-0.05, 0) is 38.5 Å². The van der Waals surface area contributed by atoms with Gasteiger partial charge < -0.3 is 15.1 Å². The molecule has 1 N–H and O–H groups in total. The van der Waals surface area contributed by atoms with Crippen LogP contribution < -0.4 is 10.2 Å². The maximum atomic E-state index is 12.4. The summed E-state index contributed by atoms with van der Waals surface area (Å²) < 4.78 is 0. The van der Waals surface area contributed by atoms with Crippen LogP contribution in [0.2, 0.25) is 0 Å². The topological polar surface area (TPSA) is 85.2 Å². The number of piperidine rings is 1. The zero-order valence-corrected chi connectivity index (χ0v) is 14.3. The molecule has 3 unspecified atom stereocenters. The predicted octanol–water partition coefficient (Wildman–Crippen LogP) is 1.08. The van der Waals surface area contributed by atoms with Crippen molar-refractivity contribution in [2.45, 2.75) is 62.7 Å². The average Bonchev–Trinajstić information content (AvgIpc) is 3.23. The number of hydrogen-bond donors (Lipinski definition) is 1.